The summed E-state index contributed by atoms with van der Waals surface area (Å²) in [6.07, 6.45) is 3.12. The Bertz CT molecular complexity index is 701. The van der Waals surface area contributed by atoms with Crippen LogP contribution in [-0.4, -0.2) is 23.3 Å². The Morgan fingerprint density at radius 1 is 0.960 bits per heavy atom. The van der Waals surface area contributed by atoms with Crippen LogP contribution in [0.25, 0.3) is 0 Å². The molecule has 0 spiro atoms. The van der Waals surface area contributed by atoms with Gasteiger partial charge >= 0.3 is 0 Å². The first-order valence-electron chi connectivity index (χ1n) is 8.73. The number of benzene rings is 1. The van der Waals surface area contributed by atoms with Gasteiger partial charge in [-0.3, -0.25) is 9.59 Å². The standard InChI is InChI=1S/C20H25N3O2/c1-3-4-8-14-21-19(24)17-12-9-13-18(23-17)20(25)22-15(2)16-10-6-5-7-11-16/h5-7,9-13,15H,3-4,8,14H2,1-2H3,(H,21,24)(H,22,25). The second kappa shape index (κ2) is 9.57. The van der Waals surface area contributed by atoms with Gasteiger partial charge in [0, 0.05) is 6.54 Å². The van der Waals surface area contributed by atoms with Gasteiger partial charge in [0.05, 0.1) is 6.04 Å². The normalized spacial score (nSPS) is 11.6. The molecule has 2 amide bonds. The van der Waals surface area contributed by atoms with Crippen molar-refractivity contribution < 1.29 is 9.59 Å². The quantitative estimate of drug-likeness (QED) is 0.723. The van der Waals surface area contributed by atoms with Crippen molar-refractivity contribution in [2.45, 2.75) is 39.2 Å². The first-order chi connectivity index (χ1) is 12.1. The van der Waals surface area contributed by atoms with Crippen LogP contribution in [0, 0.1) is 0 Å². The van der Waals surface area contributed by atoms with E-state index in [1.54, 1.807) is 18.2 Å². The fourth-order valence-electron chi connectivity index (χ4n) is 2.45. The molecule has 25 heavy (non-hydrogen) atoms. The van der Waals surface area contributed by atoms with Crippen LogP contribution in [0.4, 0.5) is 0 Å². The molecule has 1 aromatic carbocycles. The van der Waals surface area contributed by atoms with E-state index >= 15 is 0 Å². The molecule has 0 bridgehead atoms. The third-order valence-electron chi connectivity index (χ3n) is 3.93. The van der Waals surface area contributed by atoms with Crippen LogP contribution in [0.15, 0.2) is 48.5 Å². The molecular formula is C20H25N3O2. The van der Waals surface area contributed by atoms with Crippen molar-refractivity contribution in [3.05, 3.63) is 65.5 Å². The third-order valence-corrected chi connectivity index (χ3v) is 3.93. The smallest absolute Gasteiger partial charge is 0.270 e. The predicted octanol–water partition coefficient (Wildman–Crippen LogP) is 3.49. The van der Waals surface area contributed by atoms with Gasteiger partial charge in [0.1, 0.15) is 11.4 Å². The lowest BCUT2D eigenvalue weighted by Crippen LogP contribution is -2.29. The number of hydrogen-bond acceptors (Lipinski definition) is 3. The molecule has 5 nitrogen and oxygen atoms in total. The van der Waals surface area contributed by atoms with E-state index in [0.29, 0.717) is 6.54 Å². The van der Waals surface area contributed by atoms with Gasteiger partial charge in [-0.1, -0.05) is 56.2 Å². The fourth-order valence-corrected chi connectivity index (χ4v) is 2.45. The van der Waals surface area contributed by atoms with Crippen LogP contribution in [0.3, 0.4) is 0 Å². The molecular weight excluding hydrogens is 314 g/mol. The van der Waals surface area contributed by atoms with E-state index in [0.717, 1.165) is 24.8 Å². The van der Waals surface area contributed by atoms with Gasteiger partial charge in [-0.05, 0) is 31.0 Å². The Hall–Kier alpha value is -2.69. The van der Waals surface area contributed by atoms with Crippen LogP contribution >= 0.6 is 0 Å². The maximum Gasteiger partial charge on any atom is 0.270 e. The van der Waals surface area contributed by atoms with E-state index in [1.165, 1.54) is 0 Å². The lowest BCUT2D eigenvalue weighted by Gasteiger charge is -2.14. The van der Waals surface area contributed by atoms with E-state index in [9.17, 15) is 9.59 Å². The largest absolute Gasteiger partial charge is 0.351 e. The number of unbranched alkanes of at least 4 members (excludes halogenated alkanes) is 2. The molecule has 5 heteroatoms. The highest BCUT2D eigenvalue weighted by molar-refractivity contribution is 5.96. The summed E-state index contributed by atoms with van der Waals surface area (Å²) in [5.41, 5.74) is 1.51. The van der Waals surface area contributed by atoms with Crippen molar-refractivity contribution in [1.82, 2.24) is 15.6 Å². The minimum atomic E-state index is -0.294. The number of carbonyl (C=O) groups excluding carboxylic acids is 2. The zero-order valence-electron chi connectivity index (χ0n) is 14.8. The Labute approximate surface area is 148 Å². The lowest BCUT2D eigenvalue weighted by atomic mass is 10.1. The first-order valence-corrected chi connectivity index (χ1v) is 8.73. The number of amides is 2. The van der Waals surface area contributed by atoms with Gasteiger partial charge in [0.2, 0.25) is 0 Å². The molecule has 0 aliphatic carbocycles. The molecule has 132 valence electrons. The van der Waals surface area contributed by atoms with Crippen LogP contribution in [0.5, 0.6) is 0 Å². The summed E-state index contributed by atoms with van der Waals surface area (Å²) in [6, 6.07) is 14.5. The summed E-state index contributed by atoms with van der Waals surface area (Å²) in [4.78, 5) is 28.7. The summed E-state index contributed by atoms with van der Waals surface area (Å²) < 4.78 is 0. The van der Waals surface area contributed by atoms with E-state index in [-0.39, 0.29) is 29.2 Å². The Morgan fingerprint density at radius 2 is 1.64 bits per heavy atom. The van der Waals surface area contributed by atoms with Gasteiger partial charge in [0.25, 0.3) is 11.8 Å². The van der Waals surface area contributed by atoms with Crippen LogP contribution in [0.2, 0.25) is 0 Å². The van der Waals surface area contributed by atoms with Gasteiger partial charge in [-0.15, -0.1) is 0 Å². The molecule has 1 atom stereocenters. The van der Waals surface area contributed by atoms with E-state index < -0.39 is 0 Å². The molecule has 2 aromatic rings. The Balaban J connectivity index is 1.97. The van der Waals surface area contributed by atoms with E-state index in [1.807, 2.05) is 37.3 Å². The average Bonchev–Trinajstić information content (AvgIpc) is 2.65. The highest BCUT2D eigenvalue weighted by Crippen LogP contribution is 2.12. The average molecular weight is 339 g/mol. The van der Waals surface area contributed by atoms with Gasteiger partial charge in [0.15, 0.2) is 0 Å². The van der Waals surface area contributed by atoms with Crippen LogP contribution in [0.1, 0.15) is 65.7 Å². The molecule has 0 radical (unpaired) electrons. The van der Waals surface area contributed by atoms with Gasteiger partial charge in [-0.2, -0.15) is 0 Å². The van der Waals surface area contributed by atoms with Crippen molar-refractivity contribution >= 4 is 11.8 Å². The molecule has 2 rings (SSSR count). The van der Waals surface area contributed by atoms with Crippen LogP contribution < -0.4 is 10.6 Å². The monoisotopic (exact) mass is 339 g/mol. The van der Waals surface area contributed by atoms with Crippen molar-refractivity contribution in [1.29, 1.82) is 0 Å². The van der Waals surface area contributed by atoms with Crippen molar-refractivity contribution in [2.24, 2.45) is 0 Å². The minimum Gasteiger partial charge on any atom is -0.351 e. The molecule has 0 saturated heterocycles. The summed E-state index contributed by atoms with van der Waals surface area (Å²) in [7, 11) is 0. The number of aromatic nitrogens is 1. The fraction of sp³-hybridized carbons (Fsp3) is 0.350. The van der Waals surface area contributed by atoms with Crippen molar-refractivity contribution in [3.63, 3.8) is 0 Å². The van der Waals surface area contributed by atoms with E-state index in [2.05, 4.69) is 22.5 Å². The van der Waals surface area contributed by atoms with Gasteiger partial charge < -0.3 is 10.6 Å². The topological polar surface area (TPSA) is 71.1 Å². The SMILES string of the molecule is CCCCCNC(=O)c1cccc(C(=O)NC(C)c2ccccc2)n1. The maximum atomic E-state index is 12.4. The van der Waals surface area contributed by atoms with Crippen molar-refractivity contribution in [2.75, 3.05) is 6.54 Å². The van der Waals surface area contributed by atoms with Crippen molar-refractivity contribution in [3.8, 4) is 0 Å². The van der Waals surface area contributed by atoms with Crippen LogP contribution in [-0.2, 0) is 0 Å². The molecule has 0 aliphatic rings. The second-order valence-electron chi connectivity index (χ2n) is 5.98. The first kappa shape index (κ1) is 18.6. The highest BCUT2D eigenvalue weighted by atomic mass is 16.2. The summed E-state index contributed by atoms with van der Waals surface area (Å²) in [5, 5.41) is 5.74. The number of hydrogen-bond donors (Lipinski definition) is 2. The molecule has 0 aliphatic heterocycles. The molecule has 0 fully saturated rings. The number of nitrogens with one attached hydrogen (secondary N) is 2. The maximum absolute atomic E-state index is 12.4. The highest BCUT2D eigenvalue weighted by Gasteiger charge is 2.14. The lowest BCUT2D eigenvalue weighted by molar-refractivity contribution is 0.0933. The van der Waals surface area contributed by atoms with Gasteiger partial charge in [-0.25, -0.2) is 4.98 Å². The minimum absolute atomic E-state index is 0.137. The summed E-state index contributed by atoms with van der Waals surface area (Å²) >= 11 is 0. The second-order valence-corrected chi connectivity index (χ2v) is 5.98. The molecule has 2 N–H and O–H groups in total. The Kier molecular flexibility index (Phi) is 7.14. The number of nitrogens with zero attached hydrogens (tertiary/aromatic N) is 1. The molecule has 0 saturated carbocycles. The number of rotatable bonds is 8. The third kappa shape index (κ3) is 5.71. The Morgan fingerprint density at radius 3 is 2.32 bits per heavy atom. The predicted molar refractivity (Wildman–Crippen MR) is 98.4 cm³/mol. The summed E-state index contributed by atoms with van der Waals surface area (Å²) in [5.74, 6) is -0.543. The van der Waals surface area contributed by atoms with E-state index in [4.69, 9.17) is 0 Å². The number of carbonyl (C=O) groups is 2. The molecule has 1 unspecified atom stereocenters. The zero-order chi connectivity index (χ0) is 18.1. The molecule has 1 aromatic heterocycles. The summed E-state index contributed by atoms with van der Waals surface area (Å²) in [6.45, 7) is 4.65. The number of pyridine rings is 1. The zero-order valence-corrected chi connectivity index (χ0v) is 14.8. The molecule has 1 heterocycles.